The second-order valence-corrected chi connectivity index (χ2v) is 9.40. The van der Waals surface area contributed by atoms with Gasteiger partial charge in [0.05, 0.1) is 24.9 Å². The molecule has 0 spiro atoms. The first-order valence-corrected chi connectivity index (χ1v) is 12.3. The van der Waals surface area contributed by atoms with Gasteiger partial charge in [0.1, 0.15) is 17.8 Å². The highest BCUT2D eigenvalue weighted by atomic mass is 16.5. The maximum atomic E-state index is 13.2. The van der Waals surface area contributed by atoms with Crippen molar-refractivity contribution in [3.05, 3.63) is 78.6 Å². The number of nitrogens with zero attached hydrogens (tertiary/aromatic N) is 6. The van der Waals surface area contributed by atoms with Crippen LogP contribution in [0.5, 0.6) is 0 Å². The van der Waals surface area contributed by atoms with E-state index in [1.54, 1.807) is 18.7 Å². The third-order valence-corrected chi connectivity index (χ3v) is 6.21. The second kappa shape index (κ2) is 10.8. The molecular weight excluding hydrogens is 452 g/mol. The van der Waals surface area contributed by atoms with Gasteiger partial charge in [-0.3, -0.25) is 9.78 Å². The smallest absolute Gasteiger partial charge is 0.274 e. The first-order chi connectivity index (χ1) is 17.6. The Morgan fingerprint density at radius 1 is 1.03 bits per heavy atom. The second-order valence-electron chi connectivity index (χ2n) is 9.40. The highest BCUT2D eigenvalue weighted by molar-refractivity contribution is 5.93. The molecule has 0 bridgehead atoms. The molecule has 36 heavy (non-hydrogen) atoms. The number of amides is 1. The maximum Gasteiger partial charge on any atom is 0.274 e. The molecule has 1 aliphatic rings. The molecule has 1 fully saturated rings. The van der Waals surface area contributed by atoms with Crippen LogP contribution in [0.3, 0.4) is 0 Å². The number of morpholine rings is 1. The van der Waals surface area contributed by atoms with E-state index in [1.165, 1.54) is 6.20 Å². The average Bonchev–Trinajstić information content (AvgIpc) is 2.92. The van der Waals surface area contributed by atoms with E-state index in [-0.39, 0.29) is 5.91 Å². The lowest BCUT2D eigenvalue weighted by Gasteiger charge is -2.28. The van der Waals surface area contributed by atoms with Crippen molar-refractivity contribution in [3.63, 3.8) is 0 Å². The molecule has 5 rings (SSSR count). The average molecular weight is 483 g/mol. The van der Waals surface area contributed by atoms with Crippen LogP contribution in [0.15, 0.2) is 67.4 Å². The third-order valence-electron chi connectivity index (χ3n) is 6.21. The van der Waals surface area contributed by atoms with E-state index in [0.29, 0.717) is 37.9 Å². The van der Waals surface area contributed by atoms with Gasteiger partial charge in [-0.15, -0.1) is 0 Å². The largest absolute Gasteiger partial charge is 0.378 e. The minimum atomic E-state index is -0.111. The summed E-state index contributed by atoms with van der Waals surface area (Å²) in [6.07, 6.45) is 6.28. The van der Waals surface area contributed by atoms with Crippen molar-refractivity contribution < 1.29 is 9.53 Å². The van der Waals surface area contributed by atoms with E-state index in [9.17, 15) is 4.79 Å². The number of hydrogen-bond acceptors (Lipinski definition) is 7. The van der Waals surface area contributed by atoms with E-state index in [2.05, 4.69) is 69.0 Å². The Hall–Kier alpha value is -3.91. The lowest BCUT2D eigenvalue weighted by Crippen LogP contribution is -2.36. The zero-order valence-electron chi connectivity index (χ0n) is 20.7. The van der Waals surface area contributed by atoms with Crippen LogP contribution in [0.25, 0.3) is 22.0 Å². The van der Waals surface area contributed by atoms with Gasteiger partial charge in [0.2, 0.25) is 0 Å². The van der Waals surface area contributed by atoms with Gasteiger partial charge < -0.3 is 14.5 Å². The van der Waals surface area contributed by atoms with E-state index >= 15 is 0 Å². The normalized spacial score (nSPS) is 13.8. The molecule has 0 unspecified atom stereocenters. The van der Waals surface area contributed by atoms with Crippen LogP contribution in [0.1, 0.15) is 29.9 Å². The van der Waals surface area contributed by atoms with Gasteiger partial charge in [0.25, 0.3) is 5.91 Å². The molecule has 4 aromatic rings. The Bertz CT molecular complexity index is 1340. The number of carbonyl (C=O) groups is 1. The molecule has 0 saturated carbocycles. The van der Waals surface area contributed by atoms with E-state index < -0.39 is 0 Å². The van der Waals surface area contributed by atoms with Crippen molar-refractivity contribution in [2.45, 2.75) is 20.4 Å². The predicted octanol–water partition coefficient (Wildman–Crippen LogP) is 4.22. The van der Waals surface area contributed by atoms with Crippen LogP contribution in [-0.4, -0.2) is 63.6 Å². The van der Waals surface area contributed by atoms with Gasteiger partial charge in [-0.1, -0.05) is 38.1 Å². The van der Waals surface area contributed by atoms with E-state index in [4.69, 9.17) is 4.74 Å². The lowest BCUT2D eigenvalue weighted by atomic mass is 10.0. The summed E-state index contributed by atoms with van der Waals surface area (Å²) < 4.78 is 5.52. The summed E-state index contributed by atoms with van der Waals surface area (Å²) in [7, 11) is 0. The topological polar surface area (TPSA) is 84.3 Å². The number of carbonyl (C=O) groups excluding carboxylic acids is 1. The van der Waals surface area contributed by atoms with Gasteiger partial charge in [-0.05, 0) is 40.8 Å². The van der Waals surface area contributed by atoms with Crippen molar-refractivity contribution in [2.75, 3.05) is 37.7 Å². The summed E-state index contributed by atoms with van der Waals surface area (Å²) in [4.78, 5) is 34.6. The summed E-state index contributed by atoms with van der Waals surface area (Å²) in [6.45, 7) is 8.38. The molecule has 1 amide bonds. The predicted molar refractivity (Wildman–Crippen MR) is 140 cm³/mol. The summed E-state index contributed by atoms with van der Waals surface area (Å²) in [6, 6.07) is 14.6. The third kappa shape index (κ3) is 5.33. The van der Waals surface area contributed by atoms with Crippen LogP contribution >= 0.6 is 0 Å². The van der Waals surface area contributed by atoms with Gasteiger partial charge in [-0.25, -0.2) is 15.0 Å². The fourth-order valence-corrected chi connectivity index (χ4v) is 4.55. The van der Waals surface area contributed by atoms with Crippen molar-refractivity contribution in [1.82, 2.24) is 24.8 Å². The summed E-state index contributed by atoms with van der Waals surface area (Å²) in [5.74, 6) is 1.16. The Morgan fingerprint density at radius 3 is 2.64 bits per heavy atom. The zero-order valence-corrected chi connectivity index (χ0v) is 20.7. The number of benzene rings is 2. The molecular formula is C28H30N6O2. The number of anilines is 1. The molecule has 1 aliphatic heterocycles. The molecule has 0 N–H and O–H groups in total. The molecule has 0 radical (unpaired) electrons. The highest BCUT2D eigenvalue weighted by Crippen LogP contribution is 2.30. The fraction of sp³-hybridized carbons (Fsp3) is 0.321. The van der Waals surface area contributed by atoms with Gasteiger partial charge in [-0.2, -0.15) is 0 Å². The molecule has 0 aliphatic carbocycles. The molecule has 8 heteroatoms. The number of hydrogen-bond donors (Lipinski definition) is 0. The molecule has 184 valence electrons. The zero-order chi connectivity index (χ0) is 24.9. The number of fused-ring (bicyclic) bond motifs is 1. The summed E-state index contributed by atoms with van der Waals surface area (Å²) in [5, 5.41) is 1.03. The molecule has 2 aromatic carbocycles. The van der Waals surface area contributed by atoms with Crippen LogP contribution < -0.4 is 4.90 Å². The van der Waals surface area contributed by atoms with Crippen molar-refractivity contribution >= 4 is 22.6 Å². The molecule has 0 atom stereocenters. The minimum Gasteiger partial charge on any atom is -0.378 e. The Kier molecular flexibility index (Phi) is 7.13. The first-order valence-electron chi connectivity index (χ1n) is 12.3. The van der Waals surface area contributed by atoms with E-state index in [1.807, 2.05) is 17.0 Å². The Balaban J connectivity index is 1.44. The lowest BCUT2D eigenvalue weighted by molar-refractivity contribution is 0.0716. The highest BCUT2D eigenvalue weighted by Gasteiger charge is 2.20. The van der Waals surface area contributed by atoms with Gasteiger partial charge in [0, 0.05) is 44.0 Å². The minimum absolute atomic E-state index is 0.111. The van der Waals surface area contributed by atoms with Gasteiger partial charge in [0.15, 0.2) is 0 Å². The van der Waals surface area contributed by atoms with Crippen LogP contribution in [0.2, 0.25) is 0 Å². The molecule has 8 nitrogen and oxygen atoms in total. The standard InChI is InChI=1S/C28H30N6O2/c1-20(2)17-34(28(35)26-16-29-8-9-30-26)18-21-4-3-5-22(14-21)23-6-7-25-24(15-23)27(32-19-31-25)33-10-12-36-13-11-33/h3-9,14-16,19-20H,10-13,17-18H2,1-2H3. The van der Waals surface area contributed by atoms with Crippen LogP contribution in [-0.2, 0) is 11.3 Å². The molecule has 3 heterocycles. The van der Waals surface area contributed by atoms with Crippen molar-refractivity contribution in [1.29, 1.82) is 0 Å². The van der Waals surface area contributed by atoms with Crippen LogP contribution in [0.4, 0.5) is 5.82 Å². The fourth-order valence-electron chi connectivity index (χ4n) is 4.55. The first kappa shape index (κ1) is 23.8. The van der Waals surface area contributed by atoms with Crippen molar-refractivity contribution in [3.8, 4) is 11.1 Å². The monoisotopic (exact) mass is 482 g/mol. The summed E-state index contributed by atoms with van der Waals surface area (Å²) >= 11 is 0. The quantitative estimate of drug-likeness (QED) is 0.390. The van der Waals surface area contributed by atoms with Gasteiger partial charge >= 0.3 is 0 Å². The number of aromatic nitrogens is 4. The summed E-state index contributed by atoms with van der Waals surface area (Å²) in [5.41, 5.74) is 4.51. The Morgan fingerprint density at radius 2 is 1.86 bits per heavy atom. The molecule has 1 saturated heterocycles. The Labute approximate surface area is 211 Å². The number of ether oxygens (including phenoxy) is 1. The van der Waals surface area contributed by atoms with Crippen molar-refractivity contribution in [2.24, 2.45) is 5.92 Å². The SMILES string of the molecule is CC(C)CN(Cc1cccc(-c2ccc3ncnc(N4CCOCC4)c3c2)c1)C(=O)c1cnccn1. The molecule has 2 aromatic heterocycles. The van der Waals surface area contributed by atoms with E-state index in [0.717, 1.165) is 46.5 Å². The number of rotatable bonds is 7. The maximum absolute atomic E-state index is 13.2. The van der Waals surface area contributed by atoms with Crippen LogP contribution in [0, 0.1) is 5.92 Å².